The van der Waals surface area contributed by atoms with E-state index in [1.807, 2.05) is 0 Å². The molecule has 0 spiro atoms. The summed E-state index contributed by atoms with van der Waals surface area (Å²) >= 11 is 0. The molecule has 1 aliphatic rings. The molecule has 5 heteroatoms. The molecule has 0 aromatic carbocycles. The van der Waals surface area contributed by atoms with Crippen molar-refractivity contribution in [2.75, 3.05) is 19.3 Å². The lowest BCUT2D eigenvalue weighted by Gasteiger charge is -2.32. The van der Waals surface area contributed by atoms with Gasteiger partial charge in [0, 0.05) is 13.1 Å². The van der Waals surface area contributed by atoms with Crippen molar-refractivity contribution in [1.29, 1.82) is 0 Å². The Morgan fingerprint density at radius 1 is 1.47 bits per heavy atom. The lowest BCUT2D eigenvalue weighted by Crippen LogP contribution is -2.40. The third kappa shape index (κ3) is 5.36. The standard InChI is InChI=1S/C12H25NO3S/c1-3-4-7-12(14)9-11-6-5-8-13(10-11)17(2,15)16/h11-12,14H,3-10H2,1-2H3. The fourth-order valence-corrected chi connectivity index (χ4v) is 3.41. The number of hydrogen-bond donors (Lipinski definition) is 1. The topological polar surface area (TPSA) is 57.6 Å². The van der Waals surface area contributed by atoms with Crippen molar-refractivity contribution in [3.05, 3.63) is 0 Å². The van der Waals surface area contributed by atoms with Crippen LogP contribution in [0.2, 0.25) is 0 Å². The summed E-state index contributed by atoms with van der Waals surface area (Å²) in [5.41, 5.74) is 0. The van der Waals surface area contributed by atoms with Gasteiger partial charge in [-0.25, -0.2) is 12.7 Å². The predicted octanol–water partition coefficient (Wildman–Crippen LogP) is 1.60. The highest BCUT2D eigenvalue weighted by atomic mass is 32.2. The van der Waals surface area contributed by atoms with Gasteiger partial charge in [-0.1, -0.05) is 19.8 Å². The number of nitrogens with zero attached hydrogens (tertiary/aromatic N) is 1. The Kier molecular flexibility index (Phi) is 5.89. The summed E-state index contributed by atoms with van der Waals surface area (Å²) in [5, 5.41) is 9.85. The average molecular weight is 263 g/mol. The van der Waals surface area contributed by atoms with E-state index in [2.05, 4.69) is 6.92 Å². The van der Waals surface area contributed by atoms with E-state index < -0.39 is 10.0 Å². The van der Waals surface area contributed by atoms with Gasteiger partial charge in [0.05, 0.1) is 12.4 Å². The molecular weight excluding hydrogens is 238 g/mol. The van der Waals surface area contributed by atoms with E-state index in [9.17, 15) is 13.5 Å². The molecule has 0 aromatic heterocycles. The quantitative estimate of drug-likeness (QED) is 0.792. The Hall–Kier alpha value is -0.130. The van der Waals surface area contributed by atoms with E-state index in [0.717, 1.165) is 38.5 Å². The van der Waals surface area contributed by atoms with Gasteiger partial charge in [0.25, 0.3) is 0 Å². The van der Waals surface area contributed by atoms with Crippen LogP contribution in [0.5, 0.6) is 0 Å². The molecule has 1 aliphatic heterocycles. The predicted molar refractivity (Wildman–Crippen MR) is 69.3 cm³/mol. The summed E-state index contributed by atoms with van der Waals surface area (Å²) in [5.74, 6) is 0.324. The largest absolute Gasteiger partial charge is 0.393 e. The van der Waals surface area contributed by atoms with Gasteiger partial charge in [-0.2, -0.15) is 0 Å². The summed E-state index contributed by atoms with van der Waals surface area (Å²) < 4.78 is 24.5. The summed E-state index contributed by atoms with van der Waals surface area (Å²) in [6, 6.07) is 0. The van der Waals surface area contributed by atoms with Gasteiger partial charge in [0.2, 0.25) is 10.0 Å². The third-order valence-electron chi connectivity index (χ3n) is 3.45. The van der Waals surface area contributed by atoms with E-state index in [4.69, 9.17) is 0 Å². The van der Waals surface area contributed by atoms with Gasteiger partial charge >= 0.3 is 0 Å². The molecular formula is C12H25NO3S. The maximum atomic E-state index is 11.5. The van der Waals surface area contributed by atoms with Crippen LogP contribution in [-0.4, -0.2) is 43.3 Å². The molecule has 4 nitrogen and oxygen atoms in total. The maximum absolute atomic E-state index is 11.5. The van der Waals surface area contributed by atoms with Crippen molar-refractivity contribution in [3.63, 3.8) is 0 Å². The van der Waals surface area contributed by atoms with Crippen LogP contribution in [0.1, 0.15) is 45.4 Å². The second-order valence-electron chi connectivity index (χ2n) is 5.16. The second kappa shape index (κ2) is 6.71. The molecule has 17 heavy (non-hydrogen) atoms. The van der Waals surface area contributed by atoms with Crippen molar-refractivity contribution < 1.29 is 13.5 Å². The lowest BCUT2D eigenvalue weighted by atomic mass is 9.92. The highest BCUT2D eigenvalue weighted by Crippen LogP contribution is 2.23. The van der Waals surface area contributed by atoms with Crippen molar-refractivity contribution in [1.82, 2.24) is 4.31 Å². The van der Waals surface area contributed by atoms with Crippen molar-refractivity contribution in [2.24, 2.45) is 5.92 Å². The highest BCUT2D eigenvalue weighted by molar-refractivity contribution is 7.88. The van der Waals surface area contributed by atoms with Gasteiger partial charge in [-0.3, -0.25) is 0 Å². The molecule has 1 saturated heterocycles. The second-order valence-corrected chi connectivity index (χ2v) is 7.14. The number of sulfonamides is 1. The average Bonchev–Trinajstić information content (AvgIpc) is 2.25. The van der Waals surface area contributed by atoms with Crippen LogP contribution in [0.3, 0.4) is 0 Å². The molecule has 0 radical (unpaired) electrons. The molecule has 2 atom stereocenters. The SMILES string of the molecule is CCCCC(O)CC1CCCN(S(C)(=O)=O)C1. The number of aliphatic hydroxyl groups is 1. The fourth-order valence-electron chi connectivity index (χ4n) is 2.46. The molecule has 0 amide bonds. The van der Waals surface area contributed by atoms with Crippen LogP contribution in [-0.2, 0) is 10.0 Å². The normalized spacial score (nSPS) is 24.8. The Morgan fingerprint density at radius 3 is 2.76 bits per heavy atom. The molecule has 1 rings (SSSR count). The van der Waals surface area contributed by atoms with Crippen LogP contribution in [0, 0.1) is 5.92 Å². The fraction of sp³-hybridized carbons (Fsp3) is 1.00. The van der Waals surface area contributed by atoms with Crippen LogP contribution < -0.4 is 0 Å². The molecule has 1 N–H and O–H groups in total. The van der Waals surface area contributed by atoms with Gasteiger partial charge in [-0.05, 0) is 31.6 Å². The van der Waals surface area contributed by atoms with Crippen LogP contribution >= 0.6 is 0 Å². The minimum absolute atomic E-state index is 0.264. The van der Waals surface area contributed by atoms with Gasteiger partial charge in [-0.15, -0.1) is 0 Å². The Balaban J connectivity index is 2.39. The number of aliphatic hydroxyl groups excluding tert-OH is 1. The summed E-state index contributed by atoms with van der Waals surface area (Å²) in [6.45, 7) is 3.33. The van der Waals surface area contributed by atoms with E-state index in [0.29, 0.717) is 19.0 Å². The van der Waals surface area contributed by atoms with Crippen LogP contribution in [0.4, 0.5) is 0 Å². The van der Waals surface area contributed by atoms with E-state index in [1.54, 1.807) is 4.31 Å². The first kappa shape index (κ1) is 14.9. The molecule has 2 unspecified atom stereocenters. The summed E-state index contributed by atoms with van der Waals surface area (Å²) in [6.07, 6.45) is 6.68. The molecule has 1 heterocycles. The molecule has 0 aromatic rings. The van der Waals surface area contributed by atoms with Crippen molar-refractivity contribution in [2.45, 2.75) is 51.6 Å². The van der Waals surface area contributed by atoms with Crippen LogP contribution in [0.15, 0.2) is 0 Å². The molecule has 0 aliphatic carbocycles. The first-order valence-electron chi connectivity index (χ1n) is 6.56. The van der Waals surface area contributed by atoms with Gasteiger partial charge < -0.3 is 5.11 Å². The summed E-state index contributed by atoms with van der Waals surface area (Å²) in [7, 11) is -3.06. The van der Waals surface area contributed by atoms with E-state index >= 15 is 0 Å². The van der Waals surface area contributed by atoms with Crippen molar-refractivity contribution >= 4 is 10.0 Å². The smallest absolute Gasteiger partial charge is 0.211 e. The van der Waals surface area contributed by atoms with Gasteiger partial charge in [0.15, 0.2) is 0 Å². The van der Waals surface area contributed by atoms with Gasteiger partial charge in [0.1, 0.15) is 0 Å². The Bertz CT molecular complexity index is 316. The molecule has 102 valence electrons. The number of piperidine rings is 1. The maximum Gasteiger partial charge on any atom is 0.211 e. The summed E-state index contributed by atoms with van der Waals surface area (Å²) in [4.78, 5) is 0. The van der Waals surface area contributed by atoms with Crippen molar-refractivity contribution in [3.8, 4) is 0 Å². The molecule has 1 fully saturated rings. The Labute approximate surface area is 105 Å². The lowest BCUT2D eigenvalue weighted by molar-refractivity contribution is 0.112. The zero-order valence-corrected chi connectivity index (χ0v) is 11.7. The van der Waals surface area contributed by atoms with E-state index in [-0.39, 0.29) is 6.10 Å². The molecule has 0 bridgehead atoms. The first-order valence-corrected chi connectivity index (χ1v) is 8.41. The number of hydrogen-bond acceptors (Lipinski definition) is 3. The highest BCUT2D eigenvalue weighted by Gasteiger charge is 2.26. The number of unbranched alkanes of at least 4 members (excludes halogenated alkanes) is 1. The number of rotatable bonds is 6. The zero-order chi connectivity index (χ0) is 12.9. The third-order valence-corrected chi connectivity index (χ3v) is 4.72. The van der Waals surface area contributed by atoms with E-state index in [1.165, 1.54) is 6.26 Å². The van der Waals surface area contributed by atoms with Crippen LogP contribution in [0.25, 0.3) is 0 Å². The zero-order valence-electron chi connectivity index (χ0n) is 10.9. The first-order chi connectivity index (χ1) is 7.93. The minimum Gasteiger partial charge on any atom is -0.393 e. The minimum atomic E-state index is -3.06. The molecule has 0 saturated carbocycles. The monoisotopic (exact) mass is 263 g/mol. The Morgan fingerprint density at radius 2 is 2.18 bits per heavy atom.